The van der Waals surface area contributed by atoms with Gasteiger partial charge >= 0.3 is 6.34 Å². The van der Waals surface area contributed by atoms with E-state index in [2.05, 4.69) is 103 Å². The molecule has 0 saturated carbocycles. The topological polar surface area (TPSA) is 7.45 Å². The number of nitrogens with one attached hydrogen (secondary N) is 1. The summed E-state index contributed by atoms with van der Waals surface area (Å²) in [5.74, 6) is 2.12. The van der Waals surface area contributed by atoms with Gasteiger partial charge in [-0.25, -0.2) is 4.90 Å². The molecule has 1 N–H and O–H groups in total. The van der Waals surface area contributed by atoms with E-state index in [1.54, 1.807) is 0 Å². The maximum absolute atomic E-state index is 2.54. The number of quaternary nitrogens is 1. The fraction of sp³-hybridized carbons (Fsp3) is 0.519. The standard InChI is InChI=1S/C27H39N2/c1-18(2)22-11-9-12-23(19(3)4)26(22)28-15-16-29(17-28)27-24(20(5)6)13-10-14-25(27)21(7)8/h9-14,17-21H,15-16H2,1-8H3/q+1/p+1. The van der Waals surface area contributed by atoms with E-state index < -0.39 is 0 Å². The van der Waals surface area contributed by atoms with Gasteiger partial charge in [0.15, 0.2) is 6.54 Å². The minimum absolute atomic E-state index is 0.523. The van der Waals surface area contributed by atoms with Crippen LogP contribution in [0.2, 0.25) is 0 Å². The first kappa shape index (κ1) is 21.8. The van der Waals surface area contributed by atoms with E-state index in [4.69, 9.17) is 0 Å². The van der Waals surface area contributed by atoms with Crippen LogP contribution in [0.5, 0.6) is 0 Å². The monoisotopic (exact) mass is 392 g/mol. The lowest BCUT2D eigenvalue weighted by Crippen LogP contribution is -3.05. The first-order valence-electron chi connectivity index (χ1n) is 11.5. The normalized spacial score (nSPS) is 17.1. The summed E-state index contributed by atoms with van der Waals surface area (Å²) < 4.78 is 2.54. The van der Waals surface area contributed by atoms with Crippen LogP contribution in [0.3, 0.4) is 0 Å². The highest BCUT2D eigenvalue weighted by Crippen LogP contribution is 2.35. The van der Waals surface area contributed by atoms with Crippen molar-refractivity contribution in [3.8, 4) is 0 Å². The molecule has 0 saturated heterocycles. The number of rotatable bonds is 6. The maximum Gasteiger partial charge on any atom is 0.336 e. The van der Waals surface area contributed by atoms with Gasteiger partial charge in [-0.2, -0.15) is 0 Å². The van der Waals surface area contributed by atoms with E-state index in [9.17, 15) is 0 Å². The van der Waals surface area contributed by atoms with Crippen molar-refractivity contribution in [2.24, 2.45) is 0 Å². The molecule has 3 rings (SSSR count). The molecule has 0 spiro atoms. The molecule has 1 atom stereocenters. The van der Waals surface area contributed by atoms with E-state index in [1.807, 2.05) is 0 Å². The van der Waals surface area contributed by atoms with Crippen molar-refractivity contribution in [1.29, 1.82) is 0 Å². The summed E-state index contributed by atoms with van der Waals surface area (Å²) in [5, 5.41) is 0. The Labute approximate surface area is 178 Å². The van der Waals surface area contributed by atoms with Crippen molar-refractivity contribution in [2.75, 3.05) is 13.1 Å². The van der Waals surface area contributed by atoms with Crippen molar-refractivity contribution in [1.82, 2.24) is 0 Å². The average Bonchev–Trinajstić information content (AvgIpc) is 3.15. The van der Waals surface area contributed by atoms with Crippen LogP contribution >= 0.6 is 0 Å². The first-order chi connectivity index (χ1) is 13.7. The molecule has 2 nitrogen and oxygen atoms in total. The van der Waals surface area contributed by atoms with Gasteiger partial charge in [0.2, 0.25) is 12.2 Å². The Bertz CT molecular complexity index is 835. The van der Waals surface area contributed by atoms with Gasteiger partial charge in [0, 0.05) is 22.3 Å². The fourth-order valence-corrected chi connectivity index (χ4v) is 4.69. The van der Waals surface area contributed by atoms with Crippen LogP contribution in [0.1, 0.15) is 101 Å². The van der Waals surface area contributed by atoms with Gasteiger partial charge in [-0.3, -0.25) is 0 Å². The summed E-state index contributed by atoms with van der Waals surface area (Å²) in [6.45, 7) is 20.7. The highest BCUT2D eigenvalue weighted by atomic mass is 15.3. The molecule has 1 heterocycles. The summed E-state index contributed by atoms with van der Waals surface area (Å²) in [6.07, 6.45) is 2.46. The third-order valence-corrected chi connectivity index (χ3v) is 6.26. The second-order valence-corrected chi connectivity index (χ2v) is 9.81. The lowest BCUT2D eigenvalue weighted by atomic mass is 9.92. The van der Waals surface area contributed by atoms with E-state index >= 15 is 0 Å². The molecule has 2 aromatic rings. The van der Waals surface area contributed by atoms with Crippen LogP contribution in [-0.4, -0.2) is 24.0 Å². The Kier molecular flexibility index (Phi) is 6.63. The van der Waals surface area contributed by atoms with Gasteiger partial charge < -0.3 is 0 Å². The molecule has 0 aliphatic carbocycles. The number of hydrogen-bond acceptors (Lipinski definition) is 0. The summed E-state index contributed by atoms with van der Waals surface area (Å²) in [5.41, 5.74) is 8.87. The summed E-state index contributed by atoms with van der Waals surface area (Å²) >= 11 is 0. The largest absolute Gasteiger partial charge is 0.336 e. The molecule has 2 aromatic carbocycles. The third-order valence-electron chi connectivity index (χ3n) is 6.26. The summed E-state index contributed by atoms with van der Waals surface area (Å²) in [7, 11) is 0. The number of nitrogens with zero attached hydrogens (tertiary/aromatic N) is 1. The van der Waals surface area contributed by atoms with E-state index in [0.717, 1.165) is 13.1 Å². The van der Waals surface area contributed by atoms with Gasteiger partial charge in [0.05, 0.1) is 0 Å². The molecule has 1 aliphatic rings. The van der Waals surface area contributed by atoms with E-state index in [1.165, 1.54) is 38.5 Å². The average molecular weight is 393 g/mol. The highest BCUT2D eigenvalue weighted by molar-refractivity contribution is 5.59. The Morgan fingerprint density at radius 1 is 0.655 bits per heavy atom. The molecule has 1 unspecified atom stereocenters. The summed E-state index contributed by atoms with van der Waals surface area (Å²) in [4.78, 5) is 1.51. The Morgan fingerprint density at radius 3 is 1.48 bits per heavy atom. The van der Waals surface area contributed by atoms with Crippen molar-refractivity contribution in [3.63, 3.8) is 0 Å². The second kappa shape index (κ2) is 8.83. The van der Waals surface area contributed by atoms with Crippen LogP contribution in [0, 0.1) is 0 Å². The van der Waals surface area contributed by atoms with Crippen LogP contribution in [-0.2, 0) is 0 Å². The zero-order valence-corrected chi connectivity index (χ0v) is 19.7. The van der Waals surface area contributed by atoms with Crippen LogP contribution in [0.15, 0.2) is 36.4 Å². The lowest BCUT2D eigenvalue weighted by Gasteiger charge is -2.19. The molecule has 0 bridgehead atoms. The van der Waals surface area contributed by atoms with E-state index in [-0.39, 0.29) is 0 Å². The van der Waals surface area contributed by atoms with Gasteiger partial charge in [-0.1, -0.05) is 91.8 Å². The maximum atomic E-state index is 2.54. The smallest absolute Gasteiger partial charge is 0.215 e. The third kappa shape index (κ3) is 4.33. The van der Waals surface area contributed by atoms with Gasteiger partial charge in [0.1, 0.15) is 5.69 Å². The zero-order chi connectivity index (χ0) is 21.3. The number of benzene rings is 2. The molecular weight excluding hydrogens is 352 g/mol. The van der Waals surface area contributed by atoms with Gasteiger partial charge in [-0.05, 0) is 23.7 Å². The molecule has 0 amide bonds. The van der Waals surface area contributed by atoms with Crippen LogP contribution in [0.4, 0.5) is 11.4 Å². The molecule has 1 aliphatic heterocycles. The van der Waals surface area contributed by atoms with Gasteiger partial charge in [0.25, 0.3) is 0 Å². The van der Waals surface area contributed by atoms with Crippen molar-refractivity contribution in [3.05, 3.63) is 58.7 Å². The van der Waals surface area contributed by atoms with Crippen LogP contribution < -0.4 is 4.90 Å². The molecule has 0 fully saturated rings. The predicted octanol–water partition coefficient (Wildman–Crippen LogP) is 6.08. The van der Waals surface area contributed by atoms with Crippen molar-refractivity contribution < 1.29 is 9.48 Å². The van der Waals surface area contributed by atoms with Crippen molar-refractivity contribution >= 4 is 17.7 Å². The molecule has 0 radical (unpaired) electrons. The molecule has 0 aromatic heterocycles. The van der Waals surface area contributed by atoms with Crippen LogP contribution in [0.25, 0.3) is 0 Å². The second-order valence-electron chi connectivity index (χ2n) is 9.81. The number of hydrogen-bond donors (Lipinski definition) is 1. The zero-order valence-electron chi connectivity index (χ0n) is 19.7. The number of para-hydroxylation sites is 2. The highest BCUT2D eigenvalue weighted by Gasteiger charge is 2.35. The molecule has 156 valence electrons. The lowest BCUT2D eigenvalue weighted by molar-refractivity contribution is -0.718. The fourth-order valence-electron chi connectivity index (χ4n) is 4.69. The Balaban J connectivity index is 2.15. The SMILES string of the molecule is CC(C)c1cccc(C(C)C)c1[N+]1=C[NH+](c2c(C(C)C)cccc2C(C)C)CC1. The first-order valence-corrected chi connectivity index (χ1v) is 11.5. The minimum Gasteiger partial charge on any atom is -0.215 e. The Hall–Kier alpha value is -1.93. The van der Waals surface area contributed by atoms with Gasteiger partial charge in [-0.15, -0.1) is 4.58 Å². The molecule has 2 heteroatoms. The quantitative estimate of drug-likeness (QED) is 0.570. The Morgan fingerprint density at radius 2 is 1.07 bits per heavy atom. The van der Waals surface area contributed by atoms with Crippen molar-refractivity contribution in [2.45, 2.75) is 79.1 Å². The molecular formula is C27H40N2+2. The summed E-state index contributed by atoms with van der Waals surface area (Å²) in [6, 6.07) is 13.8. The predicted molar refractivity (Wildman–Crippen MR) is 126 cm³/mol. The molecule has 29 heavy (non-hydrogen) atoms. The minimum atomic E-state index is 0.523. The van der Waals surface area contributed by atoms with E-state index in [0.29, 0.717) is 23.7 Å².